The van der Waals surface area contributed by atoms with Gasteiger partial charge in [0.25, 0.3) is 0 Å². The topological polar surface area (TPSA) is 35.0 Å². The molecular weight excluding hydrogens is 572 g/mol. The van der Waals surface area contributed by atoms with Crippen molar-refractivity contribution in [3.05, 3.63) is 163 Å². The summed E-state index contributed by atoms with van der Waals surface area (Å²) in [4.78, 5) is 10.2. The molecule has 0 saturated carbocycles. The van der Waals surface area contributed by atoms with E-state index in [9.17, 15) is 0 Å². The fourth-order valence-corrected chi connectivity index (χ4v) is 6.31. The van der Waals surface area contributed by atoms with Crippen molar-refractivity contribution in [2.45, 2.75) is 6.92 Å². The summed E-state index contributed by atoms with van der Waals surface area (Å²) in [5, 5.41) is 2.24. The molecule has 0 aliphatic heterocycles. The quantitative estimate of drug-likeness (QED) is 0.189. The number of ether oxygens (including phenoxy) is 1. The predicted octanol–water partition coefficient (Wildman–Crippen LogP) is 11.4. The lowest BCUT2D eigenvalue weighted by Gasteiger charge is -2.14. The van der Waals surface area contributed by atoms with E-state index in [0.29, 0.717) is 0 Å². The molecule has 8 rings (SSSR count). The van der Waals surface area contributed by atoms with Crippen molar-refractivity contribution in [1.82, 2.24) is 9.97 Å². The molecule has 0 aliphatic rings. The summed E-state index contributed by atoms with van der Waals surface area (Å²) in [7, 11) is 1.69. The van der Waals surface area contributed by atoms with Crippen LogP contribution in [0.2, 0.25) is 0 Å². The van der Waals surface area contributed by atoms with Crippen molar-refractivity contribution in [1.29, 1.82) is 0 Å². The zero-order valence-electron chi connectivity index (χ0n) is 26.3. The minimum atomic E-state index is 0.829. The highest BCUT2D eigenvalue weighted by molar-refractivity contribution is 6.02. The maximum Gasteiger partial charge on any atom is 0.118 e. The lowest BCUT2D eigenvalue weighted by molar-refractivity contribution is 0.415. The minimum absolute atomic E-state index is 0.829. The average Bonchev–Trinajstić information content (AvgIpc) is 3.14. The number of fused-ring (bicyclic) bond motifs is 2. The molecule has 224 valence electrons. The van der Waals surface area contributed by atoms with Crippen molar-refractivity contribution in [3.8, 4) is 61.6 Å². The van der Waals surface area contributed by atoms with Crippen LogP contribution in [0.3, 0.4) is 0 Å². The third-order valence-electron chi connectivity index (χ3n) is 8.85. The van der Waals surface area contributed by atoms with Crippen LogP contribution in [-0.4, -0.2) is 17.1 Å². The second-order valence-electron chi connectivity index (χ2n) is 11.9. The Morgan fingerprint density at radius 3 is 1.28 bits per heavy atom. The van der Waals surface area contributed by atoms with Crippen LogP contribution in [0.1, 0.15) is 5.56 Å². The third-order valence-corrected chi connectivity index (χ3v) is 8.85. The molecule has 0 saturated heterocycles. The van der Waals surface area contributed by atoms with Gasteiger partial charge in [-0.15, -0.1) is 0 Å². The van der Waals surface area contributed by atoms with Gasteiger partial charge < -0.3 is 4.74 Å². The van der Waals surface area contributed by atoms with E-state index in [1.807, 2.05) is 12.1 Å². The maximum atomic E-state index is 5.39. The highest BCUT2D eigenvalue weighted by Gasteiger charge is 2.14. The van der Waals surface area contributed by atoms with Crippen LogP contribution >= 0.6 is 0 Å². The minimum Gasteiger partial charge on any atom is -0.497 e. The molecule has 47 heavy (non-hydrogen) atoms. The summed E-state index contributed by atoms with van der Waals surface area (Å²) in [6, 6.07) is 55.5. The standard InChI is InChI=1S/C44H32N2O/c1-29-13-15-32(16-14-29)43-27-37(30-9-5-3-6-10-30)39-25-34(19-23-41(39)45-43)35-20-24-42-40(26-35)38(31-11-7-4-8-12-31)28-44(46-42)33-17-21-36(47-2)22-18-33/h3-28H,1-2H3. The number of pyridine rings is 2. The molecule has 0 amide bonds. The van der Waals surface area contributed by atoms with Crippen molar-refractivity contribution in [2.24, 2.45) is 0 Å². The third kappa shape index (κ3) is 5.53. The number of hydrogen-bond donors (Lipinski definition) is 0. The molecule has 2 heterocycles. The number of rotatable bonds is 6. The lowest BCUT2D eigenvalue weighted by Crippen LogP contribution is -1.92. The Balaban J connectivity index is 1.29. The van der Waals surface area contributed by atoms with E-state index in [0.717, 1.165) is 72.3 Å². The summed E-state index contributed by atoms with van der Waals surface area (Å²) in [6.45, 7) is 2.11. The van der Waals surface area contributed by atoms with Crippen LogP contribution in [-0.2, 0) is 0 Å². The number of aryl methyl sites for hydroxylation is 1. The molecule has 3 nitrogen and oxygen atoms in total. The molecule has 0 atom stereocenters. The van der Waals surface area contributed by atoms with E-state index in [1.54, 1.807) is 7.11 Å². The Kier molecular flexibility index (Phi) is 7.28. The van der Waals surface area contributed by atoms with Crippen LogP contribution in [0, 0.1) is 6.92 Å². The molecule has 6 aromatic carbocycles. The van der Waals surface area contributed by atoms with E-state index in [2.05, 4.69) is 153 Å². The van der Waals surface area contributed by atoms with E-state index in [1.165, 1.54) is 16.7 Å². The predicted molar refractivity (Wildman–Crippen MR) is 196 cm³/mol. The smallest absolute Gasteiger partial charge is 0.118 e. The molecule has 0 spiro atoms. The van der Waals surface area contributed by atoms with Crippen molar-refractivity contribution in [2.75, 3.05) is 7.11 Å². The van der Waals surface area contributed by atoms with E-state index >= 15 is 0 Å². The molecule has 0 N–H and O–H groups in total. The average molecular weight is 605 g/mol. The first kappa shape index (κ1) is 28.4. The highest BCUT2D eigenvalue weighted by atomic mass is 16.5. The number of benzene rings is 6. The largest absolute Gasteiger partial charge is 0.497 e. The number of nitrogens with zero attached hydrogens (tertiary/aromatic N) is 2. The molecular formula is C44H32N2O. The van der Waals surface area contributed by atoms with E-state index in [4.69, 9.17) is 14.7 Å². The molecule has 0 aliphatic carbocycles. The Morgan fingerprint density at radius 2 is 0.830 bits per heavy atom. The fourth-order valence-electron chi connectivity index (χ4n) is 6.31. The molecule has 3 heteroatoms. The molecule has 0 bridgehead atoms. The van der Waals surface area contributed by atoms with Crippen LogP contribution in [0.5, 0.6) is 5.75 Å². The highest BCUT2D eigenvalue weighted by Crippen LogP contribution is 2.38. The summed E-state index contributed by atoms with van der Waals surface area (Å²) in [5.41, 5.74) is 14.2. The molecule has 8 aromatic rings. The van der Waals surface area contributed by atoms with Gasteiger partial charge in [0.1, 0.15) is 5.75 Å². The molecule has 2 aromatic heterocycles. The normalized spacial score (nSPS) is 11.2. The zero-order chi connectivity index (χ0) is 31.7. The summed E-state index contributed by atoms with van der Waals surface area (Å²) in [6.07, 6.45) is 0. The van der Waals surface area contributed by atoms with Crippen LogP contribution in [0.15, 0.2) is 158 Å². The van der Waals surface area contributed by atoms with E-state index in [-0.39, 0.29) is 0 Å². The molecule has 0 fully saturated rings. The first-order valence-electron chi connectivity index (χ1n) is 15.9. The van der Waals surface area contributed by atoms with Crippen LogP contribution in [0.25, 0.3) is 77.7 Å². The Bertz CT molecular complexity index is 2360. The van der Waals surface area contributed by atoms with Gasteiger partial charge in [-0.05, 0) is 101 Å². The monoisotopic (exact) mass is 604 g/mol. The number of hydrogen-bond acceptors (Lipinski definition) is 3. The van der Waals surface area contributed by atoms with Crippen molar-refractivity contribution < 1.29 is 4.74 Å². The second kappa shape index (κ2) is 12.0. The summed E-state index contributed by atoms with van der Waals surface area (Å²) < 4.78 is 5.39. The van der Waals surface area contributed by atoms with E-state index < -0.39 is 0 Å². The van der Waals surface area contributed by atoms with Crippen molar-refractivity contribution >= 4 is 21.8 Å². The Labute approximate surface area is 274 Å². The fraction of sp³-hybridized carbons (Fsp3) is 0.0455. The summed E-state index contributed by atoms with van der Waals surface area (Å²) >= 11 is 0. The molecule has 0 radical (unpaired) electrons. The maximum absolute atomic E-state index is 5.39. The van der Waals surface area contributed by atoms with Crippen molar-refractivity contribution in [3.63, 3.8) is 0 Å². The first-order valence-corrected chi connectivity index (χ1v) is 15.9. The van der Waals surface area contributed by atoms with Gasteiger partial charge in [0.2, 0.25) is 0 Å². The Hall–Kier alpha value is -6.06. The van der Waals surface area contributed by atoms with Crippen LogP contribution in [0.4, 0.5) is 0 Å². The number of aromatic nitrogens is 2. The van der Waals surface area contributed by atoms with Gasteiger partial charge >= 0.3 is 0 Å². The van der Waals surface area contributed by atoms with Gasteiger partial charge in [0.05, 0.1) is 29.5 Å². The zero-order valence-corrected chi connectivity index (χ0v) is 26.3. The van der Waals surface area contributed by atoms with Gasteiger partial charge in [-0.3, -0.25) is 0 Å². The lowest BCUT2D eigenvalue weighted by atomic mass is 9.93. The molecule has 0 unspecified atom stereocenters. The summed E-state index contributed by atoms with van der Waals surface area (Å²) in [5.74, 6) is 0.829. The second-order valence-corrected chi connectivity index (χ2v) is 11.9. The van der Waals surface area contributed by atoms with Gasteiger partial charge in [0, 0.05) is 21.9 Å². The van der Waals surface area contributed by atoms with Gasteiger partial charge in [-0.2, -0.15) is 0 Å². The Morgan fingerprint density at radius 1 is 0.404 bits per heavy atom. The van der Waals surface area contributed by atoms with Gasteiger partial charge in [0.15, 0.2) is 0 Å². The van der Waals surface area contributed by atoms with Crippen LogP contribution < -0.4 is 4.74 Å². The first-order chi connectivity index (χ1) is 23.1. The van der Waals surface area contributed by atoms with Gasteiger partial charge in [-0.1, -0.05) is 103 Å². The SMILES string of the molecule is COc1ccc(-c2cc(-c3ccccc3)c3cc(-c4ccc5nc(-c6ccc(C)cc6)cc(-c6ccccc6)c5c4)ccc3n2)cc1. The number of methoxy groups -OCH3 is 1. The van der Waals surface area contributed by atoms with Gasteiger partial charge in [-0.25, -0.2) is 9.97 Å².